The molecular formula is C18H24N2O2. The summed E-state index contributed by atoms with van der Waals surface area (Å²) in [4.78, 5) is 14.3. The van der Waals surface area contributed by atoms with Gasteiger partial charge in [0, 0.05) is 7.05 Å². The first-order valence-corrected chi connectivity index (χ1v) is 7.62. The monoisotopic (exact) mass is 300 g/mol. The molecule has 0 aliphatic rings. The Hall–Kier alpha value is -2.23. The molecular weight excluding hydrogens is 276 g/mol. The molecule has 118 valence electrons. The predicted octanol–water partition coefficient (Wildman–Crippen LogP) is 4.38. The van der Waals surface area contributed by atoms with Gasteiger partial charge in [0.1, 0.15) is 5.76 Å². The van der Waals surface area contributed by atoms with Gasteiger partial charge in [-0.1, -0.05) is 44.2 Å². The van der Waals surface area contributed by atoms with Gasteiger partial charge in [-0.25, -0.2) is 4.79 Å². The molecule has 0 fully saturated rings. The Labute approximate surface area is 132 Å². The zero-order chi connectivity index (χ0) is 16.1. The van der Waals surface area contributed by atoms with Crippen molar-refractivity contribution < 1.29 is 9.21 Å². The third kappa shape index (κ3) is 3.70. The van der Waals surface area contributed by atoms with Crippen molar-refractivity contribution in [3.05, 3.63) is 60.1 Å². The quantitative estimate of drug-likeness (QED) is 0.890. The fourth-order valence-corrected chi connectivity index (χ4v) is 2.73. The Morgan fingerprint density at radius 1 is 1.09 bits per heavy atom. The lowest BCUT2D eigenvalue weighted by atomic mass is 9.95. The molecule has 1 heterocycles. The number of carbonyl (C=O) groups is 1. The van der Waals surface area contributed by atoms with E-state index >= 15 is 0 Å². The summed E-state index contributed by atoms with van der Waals surface area (Å²) in [6.45, 7) is 6.16. The fraction of sp³-hybridized carbons (Fsp3) is 0.389. The van der Waals surface area contributed by atoms with Crippen LogP contribution in [0.25, 0.3) is 0 Å². The molecule has 1 aromatic heterocycles. The zero-order valence-corrected chi connectivity index (χ0v) is 13.6. The second-order valence-electron chi connectivity index (χ2n) is 5.90. The summed E-state index contributed by atoms with van der Waals surface area (Å²) in [5, 5.41) is 2.98. The van der Waals surface area contributed by atoms with E-state index in [9.17, 15) is 4.79 Å². The minimum Gasteiger partial charge on any atom is -0.467 e. The van der Waals surface area contributed by atoms with Gasteiger partial charge in [-0.3, -0.25) is 0 Å². The molecule has 4 nitrogen and oxygen atoms in total. The smallest absolute Gasteiger partial charge is 0.318 e. The van der Waals surface area contributed by atoms with Gasteiger partial charge in [0.15, 0.2) is 0 Å². The number of nitrogens with one attached hydrogen (secondary N) is 1. The number of nitrogens with zero attached hydrogens (tertiary/aromatic N) is 1. The minimum atomic E-state index is -0.159. The molecule has 1 N–H and O–H groups in total. The standard InChI is InChI=1S/C18H24N2O2/c1-13(2)17(15-9-6-5-7-10-15)20(4)18(21)19-14(3)16-11-8-12-22-16/h5-14,17H,1-4H3,(H,19,21). The van der Waals surface area contributed by atoms with Gasteiger partial charge in [-0.15, -0.1) is 0 Å². The van der Waals surface area contributed by atoms with Crippen LogP contribution in [0.4, 0.5) is 4.79 Å². The molecule has 22 heavy (non-hydrogen) atoms. The van der Waals surface area contributed by atoms with Crippen molar-refractivity contribution in [2.24, 2.45) is 5.92 Å². The van der Waals surface area contributed by atoms with E-state index in [0.29, 0.717) is 5.92 Å². The molecule has 2 amide bonds. The van der Waals surface area contributed by atoms with E-state index in [1.54, 1.807) is 11.2 Å². The van der Waals surface area contributed by atoms with Crippen LogP contribution < -0.4 is 5.32 Å². The Bertz CT molecular complexity index is 578. The van der Waals surface area contributed by atoms with Crippen LogP contribution in [0.1, 0.15) is 44.2 Å². The molecule has 0 saturated heterocycles. The average molecular weight is 300 g/mol. The number of hydrogen-bond donors (Lipinski definition) is 1. The molecule has 0 spiro atoms. The van der Waals surface area contributed by atoms with Crippen molar-refractivity contribution in [3.8, 4) is 0 Å². The summed E-state index contributed by atoms with van der Waals surface area (Å²) >= 11 is 0. The van der Waals surface area contributed by atoms with E-state index in [1.165, 1.54) is 0 Å². The van der Waals surface area contributed by atoms with Crippen LogP contribution >= 0.6 is 0 Å². The predicted molar refractivity (Wildman–Crippen MR) is 87.4 cm³/mol. The largest absolute Gasteiger partial charge is 0.467 e. The van der Waals surface area contributed by atoms with Gasteiger partial charge >= 0.3 is 6.03 Å². The van der Waals surface area contributed by atoms with E-state index in [1.807, 2.05) is 44.3 Å². The number of furan rings is 1. The number of rotatable bonds is 5. The van der Waals surface area contributed by atoms with Gasteiger partial charge < -0.3 is 14.6 Å². The third-order valence-corrected chi connectivity index (χ3v) is 3.82. The summed E-state index contributed by atoms with van der Waals surface area (Å²) in [7, 11) is 1.84. The lowest BCUT2D eigenvalue weighted by Crippen LogP contribution is -2.42. The van der Waals surface area contributed by atoms with Crippen LogP contribution in [0.5, 0.6) is 0 Å². The number of benzene rings is 1. The van der Waals surface area contributed by atoms with Gasteiger partial charge in [-0.05, 0) is 30.5 Å². The van der Waals surface area contributed by atoms with Crippen LogP contribution in [0, 0.1) is 5.92 Å². The van der Waals surface area contributed by atoms with E-state index in [-0.39, 0.29) is 18.1 Å². The summed E-state index contributed by atoms with van der Waals surface area (Å²) < 4.78 is 5.34. The average Bonchev–Trinajstić information content (AvgIpc) is 3.02. The molecule has 0 saturated carbocycles. The van der Waals surface area contributed by atoms with Crippen LogP contribution in [0.15, 0.2) is 53.1 Å². The number of amides is 2. The molecule has 2 aromatic rings. The lowest BCUT2D eigenvalue weighted by Gasteiger charge is -2.32. The second-order valence-corrected chi connectivity index (χ2v) is 5.90. The first-order valence-electron chi connectivity index (χ1n) is 7.62. The molecule has 0 radical (unpaired) electrons. The van der Waals surface area contributed by atoms with Crippen molar-refractivity contribution in [2.75, 3.05) is 7.05 Å². The first-order chi connectivity index (χ1) is 10.5. The van der Waals surface area contributed by atoms with E-state index in [2.05, 4.69) is 31.3 Å². The summed E-state index contributed by atoms with van der Waals surface area (Å²) in [6.07, 6.45) is 1.61. The van der Waals surface area contributed by atoms with Crippen molar-refractivity contribution >= 4 is 6.03 Å². The number of hydrogen-bond acceptors (Lipinski definition) is 2. The highest BCUT2D eigenvalue weighted by molar-refractivity contribution is 5.75. The summed E-state index contributed by atoms with van der Waals surface area (Å²) in [6, 6.07) is 13.6. The molecule has 4 heteroatoms. The Morgan fingerprint density at radius 2 is 1.77 bits per heavy atom. The molecule has 1 aromatic carbocycles. The molecule has 0 aliphatic heterocycles. The fourth-order valence-electron chi connectivity index (χ4n) is 2.73. The van der Waals surface area contributed by atoms with Crippen LogP contribution in [-0.2, 0) is 0 Å². The van der Waals surface area contributed by atoms with Crippen LogP contribution in [0.3, 0.4) is 0 Å². The second kappa shape index (κ2) is 7.16. The normalized spacial score (nSPS) is 13.7. The van der Waals surface area contributed by atoms with Crippen LogP contribution in [0.2, 0.25) is 0 Å². The van der Waals surface area contributed by atoms with E-state index in [4.69, 9.17) is 4.42 Å². The lowest BCUT2D eigenvalue weighted by molar-refractivity contribution is 0.169. The highest BCUT2D eigenvalue weighted by Crippen LogP contribution is 2.27. The maximum Gasteiger partial charge on any atom is 0.318 e. The van der Waals surface area contributed by atoms with Gasteiger partial charge in [0.05, 0.1) is 18.3 Å². The first kappa shape index (κ1) is 16.1. The molecule has 2 atom stereocenters. The molecule has 0 bridgehead atoms. The molecule has 2 rings (SSSR count). The maximum atomic E-state index is 12.5. The van der Waals surface area contributed by atoms with Gasteiger partial charge in [0.25, 0.3) is 0 Å². The Morgan fingerprint density at radius 3 is 2.32 bits per heavy atom. The van der Waals surface area contributed by atoms with E-state index in [0.717, 1.165) is 11.3 Å². The van der Waals surface area contributed by atoms with E-state index < -0.39 is 0 Å². The molecule has 2 unspecified atom stereocenters. The van der Waals surface area contributed by atoms with Crippen molar-refractivity contribution in [1.29, 1.82) is 0 Å². The van der Waals surface area contributed by atoms with Crippen molar-refractivity contribution in [1.82, 2.24) is 10.2 Å². The van der Waals surface area contributed by atoms with Gasteiger partial charge in [0.2, 0.25) is 0 Å². The van der Waals surface area contributed by atoms with Crippen molar-refractivity contribution in [3.63, 3.8) is 0 Å². The topological polar surface area (TPSA) is 45.5 Å². The Kier molecular flexibility index (Phi) is 5.26. The molecule has 0 aliphatic carbocycles. The van der Waals surface area contributed by atoms with Crippen molar-refractivity contribution in [2.45, 2.75) is 32.9 Å². The number of carbonyl (C=O) groups excluding carboxylic acids is 1. The highest BCUT2D eigenvalue weighted by atomic mass is 16.3. The van der Waals surface area contributed by atoms with Crippen LogP contribution in [-0.4, -0.2) is 18.0 Å². The SMILES string of the molecule is CC(NC(=O)N(C)C(c1ccccc1)C(C)C)c1ccco1. The minimum absolute atomic E-state index is 0.0324. The third-order valence-electron chi connectivity index (χ3n) is 3.82. The van der Waals surface area contributed by atoms with Gasteiger partial charge in [-0.2, -0.15) is 0 Å². The zero-order valence-electron chi connectivity index (χ0n) is 13.6. The summed E-state index contributed by atoms with van der Waals surface area (Å²) in [5.74, 6) is 1.07. The number of urea groups is 1. The highest BCUT2D eigenvalue weighted by Gasteiger charge is 2.25. The maximum absolute atomic E-state index is 12.5. The Balaban J connectivity index is 2.10. The summed E-state index contributed by atoms with van der Waals surface area (Å²) in [5.41, 5.74) is 1.14.